The van der Waals surface area contributed by atoms with E-state index in [1.807, 2.05) is 30.3 Å². The van der Waals surface area contributed by atoms with Crippen LogP contribution in [0.5, 0.6) is 0 Å². The van der Waals surface area contributed by atoms with Gasteiger partial charge < -0.3 is 19.6 Å². The zero-order valence-corrected chi connectivity index (χ0v) is 19.7. The molecule has 1 unspecified atom stereocenters. The topological polar surface area (TPSA) is 91.9 Å². The molecule has 0 bridgehead atoms. The molecule has 35 heavy (non-hydrogen) atoms. The Bertz CT molecular complexity index is 1250. The smallest absolute Gasteiger partial charge is 0.338 e. The Kier molecular flexibility index (Phi) is 5.61. The SMILES string of the molecule is COC(=O)[C@@H]1[C@H]2C(OC(=O)c3ccccc3)[C@H]3c4[nH]c5ccccc5c4CCN3C[C@@H]2CC[C@@H]1O. The number of fused-ring (bicyclic) bond motifs is 6. The van der Waals surface area contributed by atoms with E-state index >= 15 is 0 Å². The summed E-state index contributed by atoms with van der Waals surface area (Å²) in [6, 6.07) is 17.0. The van der Waals surface area contributed by atoms with Gasteiger partial charge in [-0.15, -0.1) is 0 Å². The Morgan fingerprint density at radius 2 is 1.83 bits per heavy atom. The average Bonchev–Trinajstić information content (AvgIpc) is 3.27. The van der Waals surface area contributed by atoms with Crippen LogP contribution in [0.3, 0.4) is 0 Å². The molecule has 6 atom stereocenters. The van der Waals surface area contributed by atoms with Crippen molar-refractivity contribution in [3.05, 3.63) is 71.4 Å². The number of rotatable bonds is 3. The number of carbonyl (C=O) groups is 2. The highest BCUT2D eigenvalue weighted by atomic mass is 16.5. The lowest BCUT2D eigenvalue weighted by molar-refractivity contribution is -0.173. The third-order valence-corrected chi connectivity index (χ3v) is 8.28. The number of nitrogens with one attached hydrogen (secondary N) is 1. The Hall–Kier alpha value is -3.16. The van der Waals surface area contributed by atoms with Crippen molar-refractivity contribution < 1.29 is 24.2 Å². The standard InChI is InChI=1S/C28H30N2O5/c1-34-28(33)23-21(31)12-11-17-15-30-14-13-19-18-9-5-6-10-20(18)29-24(19)25(30)26(22(17)23)35-27(32)16-7-3-2-4-8-16/h2-10,17,21-23,25-26,29,31H,11-15H2,1H3/t17-,21-,22-,23-,25+,26?/m0/s1. The molecule has 1 saturated carbocycles. The van der Waals surface area contributed by atoms with Crippen molar-refractivity contribution in [2.45, 2.75) is 37.5 Å². The van der Waals surface area contributed by atoms with Gasteiger partial charge in [-0.3, -0.25) is 9.69 Å². The highest BCUT2D eigenvalue weighted by Crippen LogP contribution is 2.50. The van der Waals surface area contributed by atoms with Gasteiger partial charge in [0.1, 0.15) is 6.10 Å². The number of H-pyrrole nitrogens is 1. The Labute approximate surface area is 204 Å². The Morgan fingerprint density at radius 1 is 1.06 bits per heavy atom. The normalized spacial score (nSPS) is 30.1. The van der Waals surface area contributed by atoms with Gasteiger partial charge in [0, 0.05) is 35.6 Å². The molecule has 7 nitrogen and oxygen atoms in total. The third kappa shape index (κ3) is 3.65. The molecule has 0 spiro atoms. The van der Waals surface area contributed by atoms with E-state index in [9.17, 15) is 14.7 Å². The fourth-order valence-corrected chi connectivity index (χ4v) is 6.76. The van der Waals surface area contributed by atoms with Crippen LogP contribution >= 0.6 is 0 Å². The fourth-order valence-electron chi connectivity index (χ4n) is 6.76. The van der Waals surface area contributed by atoms with Crippen LogP contribution < -0.4 is 0 Å². The Balaban J connectivity index is 1.47. The number of benzene rings is 2. The van der Waals surface area contributed by atoms with E-state index in [1.54, 1.807) is 12.1 Å². The van der Waals surface area contributed by atoms with Crippen molar-refractivity contribution in [1.29, 1.82) is 0 Å². The molecule has 2 aromatic carbocycles. The summed E-state index contributed by atoms with van der Waals surface area (Å²) < 4.78 is 11.5. The lowest BCUT2D eigenvalue weighted by Crippen LogP contribution is -2.61. The second-order valence-electron chi connectivity index (χ2n) is 10.0. The predicted octanol–water partition coefficient (Wildman–Crippen LogP) is 3.48. The summed E-state index contributed by atoms with van der Waals surface area (Å²) in [7, 11) is 1.36. The zero-order chi connectivity index (χ0) is 24.1. The van der Waals surface area contributed by atoms with Gasteiger partial charge in [-0.2, -0.15) is 0 Å². The quantitative estimate of drug-likeness (QED) is 0.565. The number of hydrogen-bond donors (Lipinski definition) is 2. The summed E-state index contributed by atoms with van der Waals surface area (Å²) >= 11 is 0. The minimum absolute atomic E-state index is 0.123. The average molecular weight is 475 g/mol. The fraction of sp³-hybridized carbons (Fsp3) is 0.429. The molecule has 1 aliphatic carbocycles. The number of aliphatic hydroxyl groups is 1. The van der Waals surface area contributed by atoms with Crippen LogP contribution in [-0.4, -0.2) is 59.3 Å². The summed E-state index contributed by atoms with van der Waals surface area (Å²) in [6.45, 7) is 1.65. The maximum absolute atomic E-state index is 13.3. The maximum atomic E-state index is 13.3. The largest absolute Gasteiger partial charge is 0.469 e. The van der Waals surface area contributed by atoms with E-state index in [-0.39, 0.29) is 17.9 Å². The summed E-state index contributed by atoms with van der Waals surface area (Å²) in [5, 5.41) is 12.1. The van der Waals surface area contributed by atoms with Crippen molar-refractivity contribution in [1.82, 2.24) is 9.88 Å². The number of methoxy groups -OCH3 is 1. The second kappa shape index (κ2) is 8.81. The van der Waals surface area contributed by atoms with Gasteiger partial charge in [0.25, 0.3) is 0 Å². The third-order valence-electron chi connectivity index (χ3n) is 8.28. The number of carbonyl (C=O) groups excluding carboxylic acids is 2. The summed E-state index contributed by atoms with van der Waals surface area (Å²) in [5.74, 6) is -1.79. The number of aromatic amines is 1. The number of ether oxygens (including phenoxy) is 2. The minimum atomic E-state index is -0.820. The van der Waals surface area contributed by atoms with E-state index in [0.717, 1.165) is 37.1 Å². The van der Waals surface area contributed by atoms with E-state index in [2.05, 4.69) is 22.0 Å². The molecule has 7 heteroatoms. The molecule has 182 valence electrons. The van der Waals surface area contributed by atoms with Gasteiger partial charge in [0.2, 0.25) is 0 Å². The molecule has 3 aromatic rings. The first-order chi connectivity index (χ1) is 17.1. The van der Waals surface area contributed by atoms with Gasteiger partial charge >= 0.3 is 11.9 Å². The van der Waals surface area contributed by atoms with E-state index < -0.39 is 30.1 Å². The van der Waals surface area contributed by atoms with Crippen LogP contribution in [0.4, 0.5) is 0 Å². The monoisotopic (exact) mass is 474 g/mol. The van der Waals surface area contributed by atoms with Gasteiger partial charge in [-0.05, 0) is 48.9 Å². The van der Waals surface area contributed by atoms with Gasteiger partial charge in [0.15, 0.2) is 0 Å². The van der Waals surface area contributed by atoms with E-state index in [1.165, 1.54) is 18.1 Å². The number of aromatic nitrogens is 1. The summed E-state index contributed by atoms with van der Waals surface area (Å²) in [6.07, 6.45) is 0.805. The van der Waals surface area contributed by atoms with Gasteiger partial charge in [-0.1, -0.05) is 36.4 Å². The first-order valence-electron chi connectivity index (χ1n) is 12.4. The molecule has 0 radical (unpaired) electrons. The molecular formula is C28H30N2O5. The highest BCUT2D eigenvalue weighted by molar-refractivity contribution is 5.89. The van der Waals surface area contributed by atoms with Crippen LogP contribution in [0.15, 0.2) is 54.6 Å². The molecule has 2 aliphatic heterocycles. The highest BCUT2D eigenvalue weighted by Gasteiger charge is 2.56. The van der Waals surface area contributed by atoms with Crippen molar-refractivity contribution in [3.63, 3.8) is 0 Å². The zero-order valence-electron chi connectivity index (χ0n) is 19.7. The molecule has 1 saturated heterocycles. The lowest BCUT2D eigenvalue weighted by Gasteiger charge is -2.54. The molecule has 1 aromatic heterocycles. The minimum Gasteiger partial charge on any atom is -0.469 e. The van der Waals surface area contributed by atoms with Crippen LogP contribution in [0.25, 0.3) is 10.9 Å². The summed E-state index contributed by atoms with van der Waals surface area (Å²) in [5.41, 5.74) is 3.82. The van der Waals surface area contributed by atoms with Gasteiger partial charge in [-0.25, -0.2) is 4.79 Å². The van der Waals surface area contributed by atoms with E-state index in [0.29, 0.717) is 12.0 Å². The van der Waals surface area contributed by atoms with Crippen molar-refractivity contribution in [2.24, 2.45) is 17.8 Å². The van der Waals surface area contributed by atoms with Crippen LogP contribution in [0.2, 0.25) is 0 Å². The van der Waals surface area contributed by atoms with Crippen LogP contribution in [0, 0.1) is 17.8 Å². The number of hydrogen-bond acceptors (Lipinski definition) is 6. The molecule has 2 N–H and O–H groups in total. The number of esters is 2. The molecule has 3 heterocycles. The van der Waals surface area contributed by atoms with Crippen molar-refractivity contribution >= 4 is 22.8 Å². The predicted molar refractivity (Wildman–Crippen MR) is 130 cm³/mol. The van der Waals surface area contributed by atoms with Crippen LogP contribution in [-0.2, 0) is 20.7 Å². The van der Waals surface area contributed by atoms with Crippen LogP contribution in [0.1, 0.15) is 40.5 Å². The number of piperidine rings is 1. The van der Waals surface area contributed by atoms with Crippen molar-refractivity contribution in [3.8, 4) is 0 Å². The molecule has 3 aliphatic rings. The number of aliphatic hydroxyl groups excluding tert-OH is 1. The first kappa shape index (κ1) is 22.3. The number of para-hydroxylation sites is 1. The molecule has 2 fully saturated rings. The van der Waals surface area contributed by atoms with Crippen molar-refractivity contribution in [2.75, 3.05) is 20.2 Å². The number of nitrogens with zero attached hydrogens (tertiary/aromatic N) is 1. The maximum Gasteiger partial charge on any atom is 0.338 e. The second-order valence-corrected chi connectivity index (χ2v) is 10.0. The molecule has 6 rings (SSSR count). The molecule has 0 amide bonds. The molecular weight excluding hydrogens is 444 g/mol. The summed E-state index contributed by atoms with van der Waals surface area (Å²) in [4.78, 5) is 32.3. The Morgan fingerprint density at radius 3 is 2.63 bits per heavy atom. The first-order valence-corrected chi connectivity index (χ1v) is 12.4. The van der Waals surface area contributed by atoms with E-state index in [4.69, 9.17) is 9.47 Å². The lowest BCUT2D eigenvalue weighted by atomic mass is 9.63. The van der Waals surface area contributed by atoms with Gasteiger partial charge in [0.05, 0.1) is 30.7 Å².